The molecule has 0 spiro atoms. The van der Waals surface area contributed by atoms with E-state index in [1.807, 2.05) is 31.2 Å². The van der Waals surface area contributed by atoms with Gasteiger partial charge in [-0.3, -0.25) is 13.9 Å². The molecule has 0 heterocycles. The molecular formula is C27H28BrCl2N3O4S. The Morgan fingerprint density at radius 3 is 2.29 bits per heavy atom. The third kappa shape index (κ3) is 7.72. The van der Waals surface area contributed by atoms with Crippen LogP contribution >= 0.6 is 39.1 Å². The lowest BCUT2D eigenvalue weighted by molar-refractivity contribution is -0.139. The van der Waals surface area contributed by atoms with Crippen LogP contribution in [0.2, 0.25) is 10.0 Å². The second-order valence-corrected chi connectivity index (χ2v) is 12.2. The van der Waals surface area contributed by atoms with Gasteiger partial charge in [0, 0.05) is 27.6 Å². The minimum atomic E-state index is -4.20. The topological polar surface area (TPSA) is 86.8 Å². The molecule has 0 saturated carbocycles. The Morgan fingerprint density at radius 2 is 1.66 bits per heavy atom. The molecule has 3 aromatic rings. The summed E-state index contributed by atoms with van der Waals surface area (Å²) in [5, 5.41) is 3.50. The van der Waals surface area contributed by atoms with Crippen LogP contribution in [0.5, 0.6) is 0 Å². The summed E-state index contributed by atoms with van der Waals surface area (Å²) in [5.41, 5.74) is 0.990. The molecule has 202 valence electrons. The van der Waals surface area contributed by atoms with Crippen LogP contribution in [0, 0.1) is 0 Å². The summed E-state index contributed by atoms with van der Waals surface area (Å²) in [4.78, 5) is 28.0. The molecule has 38 heavy (non-hydrogen) atoms. The van der Waals surface area contributed by atoms with E-state index in [1.165, 1.54) is 35.2 Å². The van der Waals surface area contributed by atoms with Crippen molar-refractivity contribution in [2.75, 3.05) is 17.4 Å². The van der Waals surface area contributed by atoms with Crippen molar-refractivity contribution in [2.45, 2.75) is 37.8 Å². The SMILES string of the molecule is CCCNC(=O)C(C)N(Cc1cccc(Br)c1)C(=O)CN(c1cccc(Cl)c1)S(=O)(=O)c1ccc(Cl)cc1. The normalized spacial score (nSPS) is 12.0. The van der Waals surface area contributed by atoms with Crippen LogP contribution in [0.3, 0.4) is 0 Å². The standard InChI is InChI=1S/C27H28BrCl2N3O4S/c1-3-14-31-27(35)19(2)32(17-20-6-4-7-21(28)15-20)26(34)18-33(24-9-5-8-23(30)16-24)38(36,37)25-12-10-22(29)11-13-25/h4-13,15-16,19H,3,14,17-18H2,1-2H3,(H,31,35). The fraction of sp³-hybridized carbons (Fsp3) is 0.259. The van der Waals surface area contributed by atoms with E-state index >= 15 is 0 Å². The number of nitrogens with one attached hydrogen (secondary N) is 1. The monoisotopic (exact) mass is 639 g/mol. The number of hydrogen-bond acceptors (Lipinski definition) is 4. The summed E-state index contributed by atoms with van der Waals surface area (Å²) in [6.45, 7) is 3.56. The van der Waals surface area contributed by atoms with Crippen LogP contribution in [0.25, 0.3) is 0 Å². The number of carbonyl (C=O) groups excluding carboxylic acids is 2. The van der Waals surface area contributed by atoms with Crippen molar-refractivity contribution in [1.82, 2.24) is 10.2 Å². The Balaban J connectivity index is 2.02. The molecule has 2 amide bonds. The smallest absolute Gasteiger partial charge is 0.264 e. The van der Waals surface area contributed by atoms with Gasteiger partial charge in [0.2, 0.25) is 11.8 Å². The molecule has 0 aliphatic heterocycles. The van der Waals surface area contributed by atoms with Gasteiger partial charge in [0.05, 0.1) is 10.6 Å². The van der Waals surface area contributed by atoms with Gasteiger partial charge in [-0.15, -0.1) is 0 Å². The first-order chi connectivity index (χ1) is 18.0. The Morgan fingerprint density at radius 1 is 0.974 bits per heavy atom. The van der Waals surface area contributed by atoms with Crippen LogP contribution in [-0.2, 0) is 26.2 Å². The molecule has 1 N–H and O–H groups in total. The average Bonchev–Trinajstić information content (AvgIpc) is 2.88. The average molecular weight is 641 g/mol. The molecule has 0 aliphatic carbocycles. The lowest BCUT2D eigenvalue weighted by Crippen LogP contribution is -2.51. The second-order valence-electron chi connectivity index (χ2n) is 8.56. The van der Waals surface area contributed by atoms with Gasteiger partial charge in [0.1, 0.15) is 12.6 Å². The lowest BCUT2D eigenvalue weighted by atomic mass is 10.1. The Labute approximate surface area is 241 Å². The molecule has 0 aliphatic rings. The predicted molar refractivity (Wildman–Crippen MR) is 155 cm³/mol. The van der Waals surface area contributed by atoms with Crippen molar-refractivity contribution in [1.29, 1.82) is 0 Å². The molecule has 3 aromatic carbocycles. The van der Waals surface area contributed by atoms with Crippen molar-refractivity contribution < 1.29 is 18.0 Å². The quantitative estimate of drug-likeness (QED) is 0.283. The highest BCUT2D eigenvalue weighted by molar-refractivity contribution is 9.10. The van der Waals surface area contributed by atoms with Gasteiger partial charge in [-0.05, 0) is 73.5 Å². The summed E-state index contributed by atoms with van der Waals surface area (Å²) >= 11 is 15.6. The van der Waals surface area contributed by atoms with Crippen molar-refractivity contribution in [3.8, 4) is 0 Å². The van der Waals surface area contributed by atoms with Crippen LogP contribution < -0.4 is 9.62 Å². The number of carbonyl (C=O) groups is 2. The zero-order valence-electron chi connectivity index (χ0n) is 20.9. The van der Waals surface area contributed by atoms with E-state index in [1.54, 1.807) is 25.1 Å². The molecule has 1 atom stereocenters. The molecule has 0 radical (unpaired) electrons. The van der Waals surface area contributed by atoms with Gasteiger partial charge in [-0.1, -0.05) is 64.3 Å². The summed E-state index contributed by atoms with van der Waals surface area (Å²) in [7, 11) is -4.20. The molecule has 0 fully saturated rings. The lowest BCUT2D eigenvalue weighted by Gasteiger charge is -2.32. The van der Waals surface area contributed by atoms with Gasteiger partial charge in [-0.25, -0.2) is 8.42 Å². The number of rotatable bonds is 11. The number of benzene rings is 3. The minimum Gasteiger partial charge on any atom is -0.354 e. The third-order valence-corrected chi connectivity index (χ3v) is 8.50. The zero-order chi connectivity index (χ0) is 27.9. The number of nitrogens with zero attached hydrogens (tertiary/aromatic N) is 2. The summed E-state index contributed by atoms with van der Waals surface area (Å²) < 4.78 is 29.3. The molecule has 11 heteroatoms. The highest BCUT2D eigenvalue weighted by Crippen LogP contribution is 2.27. The maximum absolute atomic E-state index is 13.8. The molecule has 0 saturated heterocycles. The molecule has 0 bridgehead atoms. The summed E-state index contributed by atoms with van der Waals surface area (Å²) in [5.74, 6) is -0.883. The number of sulfonamides is 1. The van der Waals surface area contributed by atoms with E-state index in [9.17, 15) is 18.0 Å². The summed E-state index contributed by atoms with van der Waals surface area (Å²) in [6.07, 6.45) is 0.736. The molecule has 7 nitrogen and oxygen atoms in total. The zero-order valence-corrected chi connectivity index (χ0v) is 24.8. The Bertz CT molecular complexity index is 1390. The van der Waals surface area contributed by atoms with Crippen molar-refractivity contribution >= 4 is 66.7 Å². The van der Waals surface area contributed by atoms with Crippen LogP contribution in [0.1, 0.15) is 25.8 Å². The number of halogens is 3. The van der Waals surface area contributed by atoms with Crippen LogP contribution in [-0.4, -0.2) is 44.3 Å². The minimum absolute atomic E-state index is 0.0399. The molecule has 0 aromatic heterocycles. The van der Waals surface area contributed by atoms with Crippen molar-refractivity contribution in [3.63, 3.8) is 0 Å². The molecule has 3 rings (SSSR count). The van der Waals surface area contributed by atoms with Gasteiger partial charge < -0.3 is 10.2 Å². The van der Waals surface area contributed by atoms with Crippen LogP contribution in [0.15, 0.2) is 82.2 Å². The molecule has 1 unspecified atom stereocenters. The maximum atomic E-state index is 13.8. The number of hydrogen-bond donors (Lipinski definition) is 1. The predicted octanol–water partition coefficient (Wildman–Crippen LogP) is 5.89. The van der Waals surface area contributed by atoms with Crippen molar-refractivity contribution in [2.24, 2.45) is 0 Å². The first kappa shape index (κ1) is 30.0. The second kappa shape index (κ2) is 13.5. The Kier molecular flexibility index (Phi) is 10.6. The van der Waals surface area contributed by atoms with E-state index in [2.05, 4.69) is 21.2 Å². The molecular weight excluding hydrogens is 613 g/mol. The van der Waals surface area contributed by atoms with Gasteiger partial charge in [-0.2, -0.15) is 0 Å². The first-order valence-corrected chi connectivity index (χ1v) is 14.9. The fourth-order valence-electron chi connectivity index (χ4n) is 3.70. The van der Waals surface area contributed by atoms with Gasteiger partial charge >= 0.3 is 0 Å². The van der Waals surface area contributed by atoms with Gasteiger partial charge in [0.15, 0.2) is 0 Å². The fourth-order valence-corrected chi connectivity index (χ4v) is 5.87. The largest absolute Gasteiger partial charge is 0.354 e. The number of amides is 2. The van der Waals surface area contributed by atoms with Gasteiger partial charge in [0.25, 0.3) is 10.0 Å². The van der Waals surface area contributed by atoms with Crippen LogP contribution in [0.4, 0.5) is 5.69 Å². The number of anilines is 1. The first-order valence-electron chi connectivity index (χ1n) is 11.9. The van der Waals surface area contributed by atoms with E-state index in [4.69, 9.17) is 23.2 Å². The third-order valence-electron chi connectivity index (χ3n) is 5.74. The van der Waals surface area contributed by atoms with E-state index < -0.39 is 28.5 Å². The Hall–Kier alpha value is -2.59. The maximum Gasteiger partial charge on any atom is 0.264 e. The highest BCUT2D eigenvalue weighted by atomic mass is 79.9. The van der Waals surface area contributed by atoms with Crippen molar-refractivity contribution in [3.05, 3.63) is 92.9 Å². The van der Waals surface area contributed by atoms with E-state index in [0.717, 1.165) is 20.8 Å². The van der Waals surface area contributed by atoms with E-state index in [-0.39, 0.29) is 23.0 Å². The van der Waals surface area contributed by atoms with E-state index in [0.29, 0.717) is 16.6 Å². The highest BCUT2D eigenvalue weighted by Gasteiger charge is 2.32. The summed E-state index contributed by atoms with van der Waals surface area (Å²) in [6, 6.07) is 18.4.